The Morgan fingerprint density at radius 1 is 0.938 bits per heavy atom. The van der Waals surface area contributed by atoms with Crippen LogP contribution < -0.4 is 25.4 Å². The number of nitrogens with one attached hydrogen (secondary N) is 3. The Hall–Kier alpha value is -3.43. The van der Waals surface area contributed by atoms with E-state index in [2.05, 4.69) is 31.9 Å². The molecule has 0 heterocycles. The Morgan fingerprint density at radius 2 is 1.66 bits per heavy atom. The van der Waals surface area contributed by atoms with Crippen molar-refractivity contribution in [1.29, 1.82) is 0 Å². The lowest BCUT2D eigenvalue weighted by Gasteiger charge is -2.13. The van der Waals surface area contributed by atoms with Crippen LogP contribution in [0.2, 0.25) is 0 Å². The summed E-state index contributed by atoms with van der Waals surface area (Å²) in [4.78, 5) is 24.7. The van der Waals surface area contributed by atoms with Gasteiger partial charge in [0, 0.05) is 15.8 Å². The number of ether oxygens (including phenoxy) is 2. The van der Waals surface area contributed by atoms with E-state index in [4.69, 9.17) is 21.7 Å². The number of carbonyl (C=O) groups is 2. The number of hydrogen-bond acceptors (Lipinski definition) is 5. The van der Waals surface area contributed by atoms with Crippen LogP contribution >= 0.6 is 28.1 Å². The molecule has 0 bridgehead atoms. The summed E-state index contributed by atoms with van der Waals surface area (Å²) in [7, 11) is 1.49. The van der Waals surface area contributed by atoms with Crippen LogP contribution in [0.3, 0.4) is 0 Å². The molecule has 0 radical (unpaired) electrons. The fourth-order valence-corrected chi connectivity index (χ4v) is 3.30. The van der Waals surface area contributed by atoms with Gasteiger partial charge in [0.15, 0.2) is 11.7 Å². The summed E-state index contributed by atoms with van der Waals surface area (Å²) < 4.78 is 11.4. The molecule has 0 aliphatic heterocycles. The molecule has 164 valence electrons. The first-order valence-electron chi connectivity index (χ1n) is 9.48. The molecule has 0 atom stereocenters. The Bertz CT molecular complexity index is 1130. The summed E-state index contributed by atoms with van der Waals surface area (Å²) in [5.41, 5.74) is 1.49. The summed E-state index contributed by atoms with van der Waals surface area (Å²) in [6.45, 7) is -0.120. The number of amides is 2. The van der Waals surface area contributed by atoms with E-state index in [-0.39, 0.29) is 17.6 Å². The lowest BCUT2D eigenvalue weighted by molar-refractivity contribution is -0.118. The van der Waals surface area contributed by atoms with Gasteiger partial charge in [0.05, 0.1) is 12.7 Å². The predicted molar refractivity (Wildman–Crippen MR) is 131 cm³/mol. The molecule has 3 rings (SSSR count). The lowest BCUT2D eigenvalue weighted by Crippen LogP contribution is -2.34. The van der Waals surface area contributed by atoms with Gasteiger partial charge in [-0.3, -0.25) is 14.9 Å². The van der Waals surface area contributed by atoms with Gasteiger partial charge >= 0.3 is 0 Å². The summed E-state index contributed by atoms with van der Waals surface area (Å²) in [6.07, 6.45) is 0. The topological polar surface area (TPSA) is 88.7 Å². The van der Waals surface area contributed by atoms with Crippen LogP contribution in [-0.2, 0) is 4.79 Å². The second-order valence-corrected chi connectivity index (χ2v) is 7.81. The van der Waals surface area contributed by atoms with Crippen LogP contribution in [0.1, 0.15) is 10.4 Å². The first-order valence-corrected chi connectivity index (χ1v) is 10.7. The number of benzene rings is 3. The zero-order chi connectivity index (χ0) is 22.9. The van der Waals surface area contributed by atoms with E-state index in [9.17, 15) is 9.59 Å². The molecule has 0 unspecified atom stereocenters. The van der Waals surface area contributed by atoms with Crippen molar-refractivity contribution < 1.29 is 19.1 Å². The molecule has 0 aromatic heterocycles. The number of hydrogen-bond donors (Lipinski definition) is 3. The Labute approximate surface area is 199 Å². The fourth-order valence-electron chi connectivity index (χ4n) is 2.73. The Kier molecular flexibility index (Phi) is 8.18. The molecule has 0 fully saturated rings. The van der Waals surface area contributed by atoms with Gasteiger partial charge in [0.25, 0.3) is 11.8 Å². The second-order valence-electron chi connectivity index (χ2n) is 6.48. The molecule has 0 saturated heterocycles. The molecule has 3 aromatic carbocycles. The van der Waals surface area contributed by atoms with Crippen LogP contribution in [0.15, 0.2) is 77.3 Å². The van der Waals surface area contributed by atoms with E-state index < -0.39 is 5.91 Å². The number of anilines is 2. The molecule has 32 heavy (non-hydrogen) atoms. The highest BCUT2D eigenvalue weighted by Crippen LogP contribution is 2.23. The number of thiocarbonyl (C=S) groups is 1. The zero-order valence-electron chi connectivity index (χ0n) is 17.1. The molecule has 2 amide bonds. The van der Waals surface area contributed by atoms with Crippen molar-refractivity contribution in [1.82, 2.24) is 5.32 Å². The standard InChI is InChI=1S/C23H20BrN3O4S/c1-30-20-11-10-15(24)12-19(20)22(29)27-23(32)26-17-7-5-6-16(13-17)25-21(28)14-31-18-8-3-2-4-9-18/h2-13H,14H2,1H3,(H,25,28)(H2,26,27,29,32). The molecule has 3 N–H and O–H groups in total. The average molecular weight is 514 g/mol. The summed E-state index contributed by atoms with van der Waals surface area (Å²) in [5.74, 6) is 0.323. The third-order valence-electron chi connectivity index (χ3n) is 4.15. The molecule has 7 nitrogen and oxygen atoms in total. The highest BCUT2D eigenvalue weighted by Gasteiger charge is 2.14. The number of rotatable bonds is 7. The van der Waals surface area contributed by atoms with Crippen molar-refractivity contribution in [3.63, 3.8) is 0 Å². The van der Waals surface area contributed by atoms with Gasteiger partial charge in [-0.05, 0) is 60.7 Å². The monoisotopic (exact) mass is 513 g/mol. The van der Waals surface area contributed by atoms with Crippen molar-refractivity contribution in [2.45, 2.75) is 0 Å². The molecule has 0 saturated carbocycles. The number of halogens is 1. The quantitative estimate of drug-likeness (QED) is 0.400. The number of methoxy groups -OCH3 is 1. The first kappa shape index (κ1) is 23.2. The molecule has 3 aromatic rings. The molecule has 0 spiro atoms. The van der Waals surface area contributed by atoms with E-state index in [0.29, 0.717) is 28.4 Å². The number of para-hydroxylation sites is 1. The second kappa shape index (κ2) is 11.3. The first-order chi connectivity index (χ1) is 15.4. The zero-order valence-corrected chi connectivity index (χ0v) is 19.5. The minimum atomic E-state index is -0.414. The van der Waals surface area contributed by atoms with E-state index in [1.54, 1.807) is 54.6 Å². The molecule has 9 heteroatoms. The molecular weight excluding hydrogens is 494 g/mol. The van der Waals surface area contributed by atoms with Gasteiger partial charge in [-0.1, -0.05) is 40.2 Å². The minimum absolute atomic E-state index is 0.105. The van der Waals surface area contributed by atoms with Gasteiger partial charge in [0.1, 0.15) is 11.5 Å². The normalized spacial score (nSPS) is 10.1. The lowest BCUT2D eigenvalue weighted by atomic mass is 10.2. The maximum atomic E-state index is 12.6. The van der Waals surface area contributed by atoms with Gasteiger partial charge in [-0.25, -0.2) is 0 Å². The SMILES string of the molecule is COc1ccc(Br)cc1C(=O)NC(=S)Nc1cccc(NC(=O)COc2ccccc2)c1. The van der Waals surface area contributed by atoms with Crippen molar-refractivity contribution in [2.24, 2.45) is 0 Å². The van der Waals surface area contributed by atoms with Crippen LogP contribution in [0, 0.1) is 0 Å². The third-order valence-corrected chi connectivity index (χ3v) is 4.85. The fraction of sp³-hybridized carbons (Fsp3) is 0.0870. The molecule has 0 aliphatic carbocycles. The van der Waals surface area contributed by atoms with Crippen LogP contribution in [0.5, 0.6) is 11.5 Å². The highest BCUT2D eigenvalue weighted by atomic mass is 79.9. The van der Waals surface area contributed by atoms with Crippen LogP contribution in [0.4, 0.5) is 11.4 Å². The van der Waals surface area contributed by atoms with Crippen molar-refractivity contribution >= 4 is 56.4 Å². The number of carbonyl (C=O) groups excluding carboxylic acids is 2. The van der Waals surface area contributed by atoms with Gasteiger partial charge in [-0.2, -0.15) is 0 Å². The van der Waals surface area contributed by atoms with E-state index in [1.807, 2.05) is 18.2 Å². The van der Waals surface area contributed by atoms with Gasteiger partial charge in [0.2, 0.25) is 0 Å². The smallest absolute Gasteiger partial charge is 0.262 e. The van der Waals surface area contributed by atoms with Crippen LogP contribution in [0.25, 0.3) is 0 Å². The highest BCUT2D eigenvalue weighted by molar-refractivity contribution is 9.10. The van der Waals surface area contributed by atoms with Crippen molar-refractivity contribution in [3.05, 3.63) is 82.8 Å². The largest absolute Gasteiger partial charge is 0.496 e. The average Bonchev–Trinajstić information content (AvgIpc) is 2.78. The van der Waals surface area contributed by atoms with Gasteiger partial charge in [-0.15, -0.1) is 0 Å². The Morgan fingerprint density at radius 3 is 2.38 bits per heavy atom. The third kappa shape index (κ3) is 6.79. The minimum Gasteiger partial charge on any atom is -0.496 e. The van der Waals surface area contributed by atoms with Gasteiger partial charge < -0.3 is 20.1 Å². The predicted octanol–water partition coefficient (Wildman–Crippen LogP) is 4.60. The van der Waals surface area contributed by atoms with E-state index >= 15 is 0 Å². The van der Waals surface area contributed by atoms with Crippen LogP contribution in [-0.4, -0.2) is 30.6 Å². The summed E-state index contributed by atoms with van der Waals surface area (Å²) in [5, 5.41) is 8.41. The summed E-state index contributed by atoms with van der Waals surface area (Å²) in [6, 6.07) is 21.1. The van der Waals surface area contributed by atoms with E-state index in [0.717, 1.165) is 4.47 Å². The van der Waals surface area contributed by atoms with E-state index in [1.165, 1.54) is 7.11 Å². The van der Waals surface area contributed by atoms with Crippen molar-refractivity contribution in [3.8, 4) is 11.5 Å². The van der Waals surface area contributed by atoms with Crippen molar-refractivity contribution in [2.75, 3.05) is 24.4 Å². The summed E-state index contributed by atoms with van der Waals surface area (Å²) >= 11 is 8.59. The molecule has 0 aliphatic rings. The maximum absolute atomic E-state index is 12.6. The maximum Gasteiger partial charge on any atom is 0.262 e. The molecular formula is C23H20BrN3O4S. The Balaban J connectivity index is 1.56.